The lowest BCUT2D eigenvalue weighted by Gasteiger charge is -2.15. The molecule has 0 saturated carbocycles. The Kier molecular flexibility index (Phi) is 4.87. The van der Waals surface area contributed by atoms with Crippen LogP contribution >= 0.6 is 0 Å². The summed E-state index contributed by atoms with van der Waals surface area (Å²) in [5, 5.41) is 9.54. The lowest BCUT2D eigenvalue weighted by molar-refractivity contribution is -0.132. The molecule has 0 fully saturated rings. The van der Waals surface area contributed by atoms with Crippen molar-refractivity contribution >= 4 is 29.4 Å². The van der Waals surface area contributed by atoms with Gasteiger partial charge in [0.2, 0.25) is 11.8 Å². The average molecular weight is 388 g/mol. The number of ether oxygens (including phenoxy) is 3. The minimum Gasteiger partial charge on any atom is -0.481 e. The number of Topliss-reactive ketones (excluding diaryl/α,β-unsaturated/α-hetero) is 1. The summed E-state index contributed by atoms with van der Waals surface area (Å²) in [6.07, 6.45) is 1.36. The molecule has 0 saturated heterocycles. The molecule has 2 heterocycles. The van der Waals surface area contributed by atoms with Gasteiger partial charge in [-0.2, -0.15) is 9.97 Å². The molecule has 0 amide bonds. The Balaban J connectivity index is 2.32. The number of hydrogen-bond donors (Lipinski definition) is 1. The SMILES string of the molecule is COC(=O)c1c(C)oc2c1=C(C(=O)O)C(=O)C(c1nc(OC)cc(OC)n1)C=2. The van der Waals surface area contributed by atoms with Crippen LogP contribution in [0.25, 0.3) is 11.6 Å². The van der Waals surface area contributed by atoms with Crippen molar-refractivity contribution in [1.82, 2.24) is 9.97 Å². The summed E-state index contributed by atoms with van der Waals surface area (Å²) in [7, 11) is 3.90. The van der Waals surface area contributed by atoms with Crippen LogP contribution in [0, 0.1) is 6.92 Å². The van der Waals surface area contributed by atoms with E-state index in [9.17, 15) is 19.5 Å². The number of esters is 1. The Hall–Kier alpha value is -3.69. The smallest absolute Gasteiger partial charge is 0.342 e. The fourth-order valence-electron chi connectivity index (χ4n) is 2.96. The van der Waals surface area contributed by atoms with Gasteiger partial charge in [-0.25, -0.2) is 9.59 Å². The second-order valence-electron chi connectivity index (χ2n) is 5.76. The van der Waals surface area contributed by atoms with Crippen molar-refractivity contribution in [3.8, 4) is 11.8 Å². The zero-order valence-corrected chi connectivity index (χ0v) is 15.4. The van der Waals surface area contributed by atoms with Crippen molar-refractivity contribution in [3.63, 3.8) is 0 Å². The summed E-state index contributed by atoms with van der Waals surface area (Å²) in [6.45, 7) is 1.47. The first-order valence-electron chi connectivity index (χ1n) is 8.00. The summed E-state index contributed by atoms with van der Waals surface area (Å²) in [4.78, 5) is 45.2. The van der Waals surface area contributed by atoms with Gasteiger partial charge in [-0.1, -0.05) is 0 Å². The molecule has 28 heavy (non-hydrogen) atoms. The number of carboxylic acids is 1. The van der Waals surface area contributed by atoms with Crippen LogP contribution in [-0.4, -0.2) is 54.1 Å². The van der Waals surface area contributed by atoms with Gasteiger partial charge in [-0.3, -0.25) is 4.79 Å². The molecule has 0 radical (unpaired) electrons. The number of aromatic nitrogens is 2. The molecule has 3 rings (SSSR count). The van der Waals surface area contributed by atoms with Crippen LogP contribution in [0.15, 0.2) is 10.5 Å². The highest BCUT2D eigenvalue weighted by Crippen LogP contribution is 2.26. The first-order valence-corrected chi connectivity index (χ1v) is 8.00. The van der Waals surface area contributed by atoms with E-state index in [2.05, 4.69) is 14.7 Å². The van der Waals surface area contributed by atoms with Crippen molar-refractivity contribution < 1.29 is 38.1 Å². The first kappa shape index (κ1) is 19.1. The Morgan fingerprint density at radius 3 is 2.25 bits per heavy atom. The third kappa shape index (κ3) is 2.98. The minimum absolute atomic E-state index is 0.0285. The van der Waals surface area contributed by atoms with E-state index in [4.69, 9.17) is 13.9 Å². The molecule has 2 aromatic rings. The van der Waals surface area contributed by atoms with E-state index in [0.717, 1.165) is 7.11 Å². The maximum atomic E-state index is 13.0. The van der Waals surface area contributed by atoms with Gasteiger partial charge in [0.25, 0.3) is 0 Å². The maximum absolute atomic E-state index is 13.0. The number of aryl methyl sites for hydroxylation is 1. The maximum Gasteiger partial charge on any atom is 0.342 e. The summed E-state index contributed by atoms with van der Waals surface area (Å²) in [5.74, 6) is -3.91. The van der Waals surface area contributed by atoms with Gasteiger partial charge in [0.15, 0.2) is 11.6 Å². The topological polar surface area (TPSA) is 138 Å². The highest BCUT2D eigenvalue weighted by atomic mass is 16.5. The highest BCUT2D eigenvalue weighted by Gasteiger charge is 2.36. The molecule has 146 valence electrons. The van der Waals surface area contributed by atoms with Gasteiger partial charge in [0.05, 0.1) is 32.6 Å². The van der Waals surface area contributed by atoms with E-state index < -0.39 is 29.2 Å². The van der Waals surface area contributed by atoms with E-state index in [1.54, 1.807) is 0 Å². The van der Waals surface area contributed by atoms with Crippen LogP contribution in [-0.2, 0) is 14.3 Å². The summed E-state index contributed by atoms with van der Waals surface area (Å²) >= 11 is 0. The molecule has 0 bridgehead atoms. The van der Waals surface area contributed by atoms with Gasteiger partial charge in [-0.15, -0.1) is 0 Å². The van der Waals surface area contributed by atoms with Crippen LogP contribution in [0.1, 0.15) is 27.9 Å². The van der Waals surface area contributed by atoms with Gasteiger partial charge in [-0.05, 0) is 13.0 Å². The third-order valence-corrected chi connectivity index (χ3v) is 4.20. The van der Waals surface area contributed by atoms with Gasteiger partial charge in [0.1, 0.15) is 28.2 Å². The number of carbonyl (C=O) groups is 3. The molecule has 10 heteroatoms. The number of carboxylic acid groups (broad SMARTS) is 1. The summed E-state index contributed by atoms with van der Waals surface area (Å²) in [5.41, 5.74) is -0.669. The fourth-order valence-corrected chi connectivity index (χ4v) is 2.96. The van der Waals surface area contributed by atoms with Gasteiger partial charge < -0.3 is 23.7 Å². The van der Waals surface area contributed by atoms with E-state index in [-0.39, 0.29) is 39.5 Å². The predicted molar refractivity (Wildman–Crippen MR) is 92.4 cm³/mol. The largest absolute Gasteiger partial charge is 0.481 e. The van der Waals surface area contributed by atoms with Crippen LogP contribution in [0.5, 0.6) is 11.8 Å². The second kappa shape index (κ2) is 7.14. The zero-order chi connectivity index (χ0) is 20.6. The normalized spacial score (nSPS) is 15.5. The molecule has 1 N–H and O–H groups in total. The number of methoxy groups -OCH3 is 3. The minimum atomic E-state index is -1.51. The molecule has 2 aromatic heterocycles. The highest BCUT2D eigenvalue weighted by molar-refractivity contribution is 6.41. The van der Waals surface area contributed by atoms with Gasteiger partial charge in [0, 0.05) is 0 Å². The van der Waals surface area contributed by atoms with Crippen LogP contribution in [0.2, 0.25) is 0 Å². The monoisotopic (exact) mass is 388 g/mol. The van der Waals surface area contributed by atoms with E-state index in [1.807, 2.05) is 0 Å². The molecule has 1 unspecified atom stereocenters. The van der Waals surface area contributed by atoms with Crippen LogP contribution < -0.4 is 20.1 Å². The number of ketones is 1. The zero-order valence-electron chi connectivity index (χ0n) is 15.4. The van der Waals surface area contributed by atoms with Crippen molar-refractivity contribution in [1.29, 1.82) is 0 Å². The van der Waals surface area contributed by atoms with Crippen molar-refractivity contribution in [2.75, 3.05) is 21.3 Å². The standard InChI is InChI=1S/C18H16N2O8/c1-7-12(18(24)27-4)13-9(28-7)5-8(15(21)14(13)17(22)23)16-19-10(25-2)6-11(20-16)26-3/h5-6,8H,1-4H3,(H,22,23). The Morgan fingerprint density at radius 1 is 1.14 bits per heavy atom. The molecule has 1 atom stereocenters. The lowest BCUT2D eigenvalue weighted by Crippen LogP contribution is -2.40. The molecule has 10 nitrogen and oxygen atoms in total. The Labute approximate surface area is 158 Å². The third-order valence-electron chi connectivity index (χ3n) is 4.20. The Morgan fingerprint density at radius 2 is 1.75 bits per heavy atom. The van der Waals surface area contributed by atoms with Gasteiger partial charge >= 0.3 is 11.9 Å². The lowest BCUT2D eigenvalue weighted by atomic mass is 9.90. The van der Waals surface area contributed by atoms with Crippen LogP contribution in [0.3, 0.4) is 0 Å². The predicted octanol–water partition coefficient (Wildman–Crippen LogP) is -0.436. The molecule has 0 aliphatic heterocycles. The van der Waals surface area contributed by atoms with E-state index >= 15 is 0 Å². The number of carbonyl (C=O) groups excluding carboxylic acids is 2. The molecule has 1 aliphatic carbocycles. The molecular formula is C18H16N2O8. The number of rotatable bonds is 5. The quantitative estimate of drug-likeness (QED) is 0.671. The van der Waals surface area contributed by atoms with Crippen molar-refractivity contribution in [2.45, 2.75) is 12.8 Å². The molecule has 0 spiro atoms. The molecule has 1 aliphatic rings. The van der Waals surface area contributed by atoms with E-state index in [1.165, 1.54) is 33.3 Å². The fraction of sp³-hybridized carbons (Fsp3) is 0.278. The number of nitrogens with zero attached hydrogens (tertiary/aromatic N) is 2. The number of aliphatic carboxylic acids is 1. The Bertz CT molecular complexity index is 1090. The van der Waals surface area contributed by atoms with Crippen molar-refractivity contribution in [2.24, 2.45) is 0 Å². The second-order valence-corrected chi connectivity index (χ2v) is 5.76. The first-order chi connectivity index (χ1) is 13.3. The number of hydrogen-bond acceptors (Lipinski definition) is 9. The summed E-state index contributed by atoms with van der Waals surface area (Å²) in [6, 6.07) is 1.41. The number of fused-ring (bicyclic) bond motifs is 1. The average Bonchev–Trinajstić information content (AvgIpc) is 3.01. The van der Waals surface area contributed by atoms with Crippen LogP contribution in [0.4, 0.5) is 0 Å². The van der Waals surface area contributed by atoms with Crippen molar-refractivity contribution in [3.05, 3.63) is 33.8 Å². The molecule has 0 aromatic carbocycles. The molecular weight excluding hydrogens is 372 g/mol. The summed E-state index contributed by atoms with van der Waals surface area (Å²) < 4.78 is 20.4. The van der Waals surface area contributed by atoms with E-state index in [0.29, 0.717) is 0 Å². The number of furan rings is 1.